The van der Waals surface area contributed by atoms with Gasteiger partial charge in [0, 0.05) is 39.8 Å². The molecule has 3 aromatic rings. The van der Waals surface area contributed by atoms with Gasteiger partial charge in [-0.15, -0.1) is 0 Å². The molecular formula is C33H35Cl2N3O5. The molecule has 0 aromatic heterocycles. The van der Waals surface area contributed by atoms with E-state index in [1.807, 2.05) is 56.0 Å². The van der Waals surface area contributed by atoms with Crippen molar-refractivity contribution in [3.63, 3.8) is 0 Å². The molecule has 0 atom stereocenters. The van der Waals surface area contributed by atoms with Gasteiger partial charge in [0.25, 0.3) is 11.8 Å². The van der Waals surface area contributed by atoms with Crippen LogP contribution in [0.2, 0.25) is 10.0 Å². The third-order valence-corrected chi connectivity index (χ3v) is 8.89. The number of benzene rings is 3. The van der Waals surface area contributed by atoms with Crippen LogP contribution in [0.5, 0.6) is 17.2 Å². The van der Waals surface area contributed by atoms with Gasteiger partial charge in [0.15, 0.2) is 11.5 Å². The Morgan fingerprint density at radius 2 is 1.65 bits per heavy atom. The molecule has 2 amide bonds. The molecule has 43 heavy (non-hydrogen) atoms. The lowest BCUT2D eigenvalue weighted by molar-refractivity contribution is -0.137. The van der Waals surface area contributed by atoms with Crippen LogP contribution in [0.4, 0.5) is 0 Å². The molecule has 0 spiro atoms. The van der Waals surface area contributed by atoms with E-state index in [4.69, 9.17) is 42.5 Å². The van der Waals surface area contributed by atoms with Crippen molar-refractivity contribution in [1.29, 1.82) is 0 Å². The molecule has 0 radical (unpaired) electrons. The SMILES string of the molecule is COc1ccc(C2=NN(C3CCN(C(=O)c4cc(OCc5c(Cl)cccc5Cl)ccc4C)CC3)C(=O)C2(C)C)cc1OC. The second-order valence-electron chi connectivity index (χ2n) is 11.3. The molecule has 0 saturated carbocycles. The summed E-state index contributed by atoms with van der Waals surface area (Å²) in [6.45, 7) is 6.89. The van der Waals surface area contributed by atoms with Gasteiger partial charge in [-0.05, 0) is 81.6 Å². The van der Waals surface area contributed by atoms with Gasteiger partial charge in [-0.2, -0.15) is 5.10 Å². The number of likely N-dealkylation sites (tertiary alicyclic amines) is 1. The minimum Gasteiger partial charge on any atom is -0.493 e. The maximum atomic E-state index is 13.6. The van der Waals surface area contributed by atoms with Gasteiger partial charge >= 0.3 is 0 Å². The van der Waals surface area contributed by atoms with Gasteiger partial charge in [-0.1, -0.05) is 35.3 Å². The molecule has 0 bridgehead atoms. The van der Waals surface area contributed by atoms with E-state index >= 15 is 0 Å². The average molecular weight is 625 g/mol. The summed E-state index contributed by atoms with van der Waals surface area (Å²) in [6.07, 6.45) is 1.24. The fraction of sp³-hybridized carbons (Fsp3) is 0.364. The molecule has 2 aliphatic rings. The van der Waals surface area contributed by atoms with Crippen LogP contribution >= 0.6 is 23.2 Å². The summed E-state index contributed by atoms with van der Waals surface area (Å²) in [4.78, 5) is 29.0. The highest BCUT2D eigenvalue weighted by Crippen LogP contribution is 2.38. The Kier molecular flexibility index (Phi) is 8.90. The standard InChI is InChI=1S/C33H35Cl2N3O5/c1-20-9-11-23(43-19-25-26(34)7-6-8-27(25)35)18-24(20)31(39)37-15-13-22(14-16-37)38-32(40)33(2,3)30(36-38)21-10-12-28(41-4)29(17-21)42-5/h6-12,17-18,22H,13-16,19H2,1-5H3. The Hall–Kier alpha value is -3.75. The zero-order valence-electron chi connectivity index (χ0n) is 24.9. The van der Waals surface area contributed by atoms with Gasteiger partial charge < -0.3 is 19.1 Å². The monoisotopic (exact) mass is 623 g/mol. The van der Waals surface area contributed by atoms with Crippen molar-refractivity contribution >= 4 is 40.7 Å². The van der Waals surface area contributed by atoms with Gasteiger partial charge in [-0.25, -0.2) is 5.01 Å². The molecule has 2 heterocycles. The van der Waals surface area contributed by atoms with Gasteiger partial charge in [0.2, 0.25) is 0 Å². The predicted octanol–water partition coefficient (Wildman–Crippen LogP) is 6.78. The van der Waals surface area contributed by atoms with Crippen LogP contribution in [0.15, 0.2) is 59.7 Å². The largest absolute Gasteiger partial charge is 0.493 e. The number of piperidine rings is 1. The number of hydrogen-bond acceptors (Lipinski definition) is 6. The van der Waals surface area contributed by atoms with Crippen molar-refractivity contribution in [2.45, 2.75) is 46.3 Å². The number of hydrazone groups is 1. The van der Waals surface area contributed by atoms with E-state index in [1.54, 1.807) is 43.5 Å². The summed E-state index contributed by atoms with van der Waals surface area (Å²) < 4.78 is 16.8. The fourth-order valence-electron chi connectivity index (χ4n) is 5.55. The minimum absolute atomic E-state index is 0.0543. The van der Waals surface area contributed by atoms with E-state index in [-0.39, 0.29) is 24.5 Å². The number of halogens is 2. The first kappa shape index (κ1) is 30.7. The smallest absolute Gasteiger partial charge is 0.254 e. The van der Waals surface area contributed by atoms with E-state index in [0.717, 1.165) is 11.1 Å². The highest BCUT2D eigenvalue weighted by Gasteiger charge is 2.47. The lowest BCUT2D eigenvalue weighted by atomic mass is 9.83. The van der Waals surface area contributed by atoms with E-state index in [1.165, 1.54) is 0 Å². The molecule has 1 fully saturated rings. The highest BCUT2D eigenvalue weighted by atomic mass is 35.5. The minimum atomic E-state index is -0.807. The Morgan fingerprint density at radius 1 is 0.977 bits per heavy atom. The Bertz CT molecular complexity index is 1560. The number of amides is 2. The summed E-state index contributed by atoms with van der Waals surface area (Å²) in [5, 5.41) is 7.50. The molecule has 10 heteroatoms. The van der Waals surface area contributed by atoms with Crippen LogP contribution in [-0.4, -0.2) is 60.8 Å². The van der Waals surface area contributed by atoms with Crippen molar-refractivity contribution in [3.05, 3.63) is 86.9 Å². The van der Waals surface area contributed by atoms with Gasteiger partial charge in [0.1, 0.15) is 12.4 Å². The van der Waals surface area contributed by atoms with Crippen LogP contribution in [-0.2, 0) is 11.4 Å². The van der Waals surface area contributed by atoms with Crippen LogP contribution in [0, 0.1) is 12.3 Å². The highest BCUT2D eigenvalue weighted by molar-refractivity contribution is 6.36. The Morgan fingerprint density at radius 3 is 2.30 bits per heavy atom. The molecule has 0 unspecified atom stereocenters. The molecule has 5 rings (SSSR count). The van der Waals surface area contributed by atoms with E-state index < -0.39 is 5.41 Å². The number of hydrogen-bond donors (Lipinski definition) is 0. The summed E-state index contributed by atoms with van der Waals surface area (Å²) >= 11 is 12.6. The number of rotatable bonds is 8. The van der Waals surface area contributed by atoms with Crippen LogP contribution < -0.4 is 14.2 Å². The molecule has 0 aliphatic carbocycles. The topological polar surface area (TPSA) is 80.7 Å². The second-order valence-corrected chi connectivity index (χ2v) is 12.1. The number of carbonyl (C=O) groups excluding carboxylic acids is 2. The summed E-state index contributed by atoms with van der Waals surface area (Å²) in [6, 6.07) is 16.2. The molecule has 8 nitrogen and oxygen atoms in total. The number of methoxy groups -OCH3 is 2. The Labute approximate surface area is 262 Å². The summed E-state index contributed by atoms with van der Waals surface area (Å²) in [5.74, 6) is 1.62. The van der Waals surface area contributed by atoms with E-state index in [2.05, 4.69) is 0 Å². The van der Waals surface area contributed by atoms with E-state index in [0.29, 0.717) is 70.1 Å². The molecule has 3 aromatic carbocycles. The predicted molar refractivity (Wildman–Crippen MR) is 168 cm³/mol. The van der Waals surface area contributed by atoms with Crippen molar-refractivity contribution in [1.82, 2.24) is 9.91 Å². The fourth-order valence-corrected chi connectivity index (χ4v) is 6.05. The van der Waals surface area contributed by atoms with E-state index in [9.17, 15) is 9.59 Å². The molecule has 2 aliphatic heterocycles. The van der Waals surface area contributed by atoms with Crippen molar-refractivity contribution in [2.75, 3.05) is 27.3 Å². The lowest BCUT2D eigenvalue weighted by Gasteiger charge is -2.35. The summed E-state index contributed by atoms with van der Waals surface area (Å²) in [5.41, 5.74) is 2.81. The first-order valence-electron chi connectivity index (χ1n) is 14.2. The second kappa shape index (κ2) is 12.5. The maximum Gasteiger partial charge on any atom is 0.254 e. The van der Waals surface area contributed by atoms with Gasteiger partial charge in [0.05, 0.1) is 31.4 Å². The normalized spacial score (nSPS) is 16.7. The molecule has 226 valence electrons. The van der Waals surface area contributed by atoms with Crippen LogP contribution in [0.1, 0.15) is 53.7 Å². The zero-order chi connectivity index (χ0) is 30.9. The molecule has 0 N–H and O–H groups in total. The number of ether oxygens (including phenoxy) is 3. The lowest BCUT2D eigenvalue weighted by Crippen LogP contribution is -2.47. The van der Waals surface area contributed by atoms with Crippen molar-refractivity contribution < 1.29 is 23.8 Å². The zero-order valence-corrected chi connectivity index (χ0v) is 26.5. The number of carbonyl (C=O) groups is 2. The first-order valence-corrected chi connectivity index (χ1v) is 14.9. The summed E-state index contributed by atoms with van der Waals surface area (Å²) in [7, 11) is 3.17. The number of nitrogens with zero attached hydrogens (tertiary/aromatic N) is 3. The first-order chi connectivity index (χ1) is 20.5. The average Bonchev–Trinajstić information content (AvgIpc) is 3.25. The quantitative estimate of drug-likeness (QED) is 0.276. The third kappa shape index (κ3) is 6.04. The van der Waals surface area contributed by atoms with Crippen LogP contribution in [0.3, 0.4) is 0 Å². The maximum absolute atomic E-state index is 13.6. The third-order valence-electron chi connectivity index (χ3n) is 8.18. The van der Waals surface area contributed by atoms with Crippen molar-refractivity contribution in [2.24, 2.45) is 10.5 Å². The Balaban J connectivity index is 1.27. The number of aryl methyl sites for hydroxylation is 1. The van der Waals surface area contributed by atoms with Crippen molar-refractivity contribution in [3.8, 4) is 17.2 Å². The molecular weight excluding hydrogens is 589 g/mol. The van der Waals surface area contributed by atoms with Crippen LogP contribution in [0.25, 0.3) is 0 Å². The van der Waals surface area contributed by atoms with Gasteiger partial charge in [-0.3, -0.25) is 9.59 Å². The molecule has 1 saturated heterocycles.